The van der Waals surface area contributed by atoms with E-state index in [2.05, 4.69) is 5.32 Å². The van der Waals surface area contributed by atoms with Crippen LogP contribution in [0.4, 0.5) is 5.69 Å². The molecule has 0 radical (unpaired) electrons. The minimum absolute atomic E-state index is 0.00711. The number of aliphatic hydroxyl groups is 1. The van der Waals surface area contributed by atoms with Crippen LogP contribution in [0.1, 0.15) is 0 Å². The fourth-order valence-corrected chi connectivity index (χ4v) is 2.79. The van der Waals surface area contributed by atoms with Gasteiger partial charge in [-0.3, -0.25) is 0 Å². The van der Waals surface area contributed by atoms with Crippen molar-refractivity contribution >= 4 is 16.7 Å². The van der Waals surface area contributed by atoms with Crippen LogP contribution in [0.25, 0.3) is 11.0 Å². The van der Waals surface area contributed by atoms with Gasteiger partial charge in [-0.15, -0.1) is 0 Å². The first-order valence-electron chi connectivity index (χ1n) is 6.92. The average Bonchev–Trinajstić information content (AvgIpc) is 2.43. The number of hydrogen-bond donors (Lipinski definition) is 2. The molecule has 2 saturated heterocycles. The summed E-state index contributed by atoms with van der Waals surface area (Å²) >= 11 is 0. The van der Waals surface area contributed by atoms with E-state index in [9.17, 15) is 9.90 Å². The predicted octanol–water partition coefficient (Wildman–Crippen LogP) is 0.732. The van der Waals surface area contributed by atoms with Gasteiger partial charge in [-0.2, -0.15) is 0 Å². The summed E-state index contributed by atoms with van der Waals surface area (Å²) in [5.41, 5.74) is 0.894. The molecule has 1 aromatic carbocycles. The van der Waals surface area contributed by atoms with Crippen LogP contribution in [0.15, 0.2) is 39.5 Å². The van der Waals surface area contributed by atoms with Crippen LogP contribution < -0.4 is 10.9 Å². The van der Waals surface area contributed by atoms with Gasteiger partial charge in [0.05, 0.1) is 19.3 Å². The third kappa shape index (κ3) is 2.21. The monoisotopic (exact) mass is 289 g/mol. The summed E-state index contributed by atoms with van der Waals surface area (Å²) in [7, 11) is 0. The Bertz CT molecular complexity index is 727. The molecule has 2 N–H and O–H groups in total. The maximum Gasteiger partial charge on any atom is 0.336 e. The molecule has 4 atom stereocenters. The van der Waals surface area contributed by atoms with Gasteiger partial charge in [0.25, 0.3) is 0 Å². The zero-order valence-electron chi connectivity index (χ0n) is 11.2. The van der Waals surface area contributed by atoms with Gasteiger partial charge in [-0.25, -0.2) is 4.79 Å². The lowest BCUT2D eigenvalue weighted by molar-refractivity contribution is -0.252. The highest BCUT2D eigenvalue weighted by Gasteiger charge is 2.46. The molecule has 1 aromatic heterocycles. The molecule has 2 unspecified atom stereocenters. The largest absolute Gasteiger partial charge is 0.423 e. The number of fused-ring (bicyclic) bond motifs is 2. The van der Waals surface area contributed by atoms with Gasteiger partial charge in [0.2, 0.25) is 0 Å². The third-order valence-electron chi connectivity index (χ3n) is 4.03. The molecule has 0 bridgehead atoms. The zero-order chi connectivity index (χ0) is 14.4. The van der Waals surface area contributed by atoms with E-state index in [0.29, 0.717) is 18.8 Å². The van der Waals surface area contributed by atoms with Crippen molar-refractivity contribution < 1.29 is 19.0 Å². The standard InChI is InChI=1S/C15H15NO5/c17-13-4-2-8-1-3-9(5-11(8)21-13)16-10-6-19-12-7-20-15(12)14(10)18/h1-5,10,12,14-16,18H,6-7H2/t10?,12?,14-,15-/m0/s1. The second-order valence-electron chi connectivity index (χ2n) is 5.42. The number of hydrogen-bond acceptors (Lipinski definition) is 6. The molecule has 0 spiro atoms. The SMILES string of the molecule is O=c1ccc2ccc(NC3COC4CO[C@@H]4[C@H]3O)cc2o1. The number of anilines is 1. The van der Waals surface area contributed by atoms with Crippen molar-refractivity contribution in [1.29, 1.82) is 0 Å². The average molecular weight is 289 g/mol. The van der Waals surface area contributed by atoms with Crippen LogP contribution in [-0.4, -0.2) is 42.7 Å². The maximum atomic E-state index is 11.3. The number of ether oxygens (including phenoxy) is 2. The molecular formula is C15H15NO5. The summed E-state index contributed by atoms with van der Waals surface area (Å²) in [4.78, 5) is 11.3. The molecule has 0 aliphatic carbocycles. The maximum absolute atomic E-state index is 11.3. The van der Waals surface area contributed by atoms with Crippen LogP contribution in [-0.2, 0) is 9.47 Å². The van der Waals surface area contributed by atoms with Gasteiger partial charge in [-0.05, 0) is 18.2 Å². The summed E-state index contributed by atoms with van der Waals surface area (Å²) < 4.78 is 16.1. The fourth-order valence-electron chi connectivity index (χ4n) is 2.79. The van der Waals surface area contributed by atoms with Crippen LogP contribution in [0.2, 0.25) is 0 Å². The van der Waals surface area contributed by atoms with Crippen molar-refractivity contribution in [2.45, 2.75) is 24.4 Å². The second-order valence-corrected chi connectivity index (χ2v) is 5.42. The number of benzene rings is 1. The molecule has 110 valence electrons. The lowest BCUT2D eigenvalue weighted by atomic mass is 9.94. The molecular weight excluding hydrogens is 274 g/mol. The van der Waals surface area contributed by atoms with E-state index in [1.165, 1.54) is 6.07 Å². The molecule has 2 aromatic rings. The Labute approximate surface area is 120 Å². The Morgan fingerprint density at radius 2 is 2.00 bits per heavy atom. The summed E-state index contributed by atoms with van der Waals surface area (Å²) in [6, 6.07) is 8.34. The van der Waals surface area contributed by atoms with E-state index < -0.39 is 6.10 Å². The van der Waals surface area contributed by atoms with E-state index in [0.717, 1.165) is 11.1 Å². The Kier molecular flexibility index (Phi) is 2.95. The van der Waals surface area contributed by atoms with Crippen LogP contribution in [0.5, 0.6) is 0 Å². The van der Waals surface area contributed by atoms with E-state index >= 15 is 0 Å². The van der Waals surface area contributed by atoms with Crippen molar-refractivity contribution in [3.05, 3.63) is 40.8 Å². The van der Waals surface area contributed by atoms with Crippen LogP contribution in [0.3, 0.4) is 0 Å². The highest BCUT2D eigenvalue weighted by molar-refractivity contribution is 5.80. The van der Waals surface area contributed by atoms with Crippen molar-refractivity contribution in [2.24, 2.45) is 0 Å². The molecule has 0 saturated carbocycles. The minimum Gasteiger partial charge on any atom is -0.423 e. The Morgan fingerprint density at radius 3 is 2.81 bits per heavy atom. The normalized spacial score (nSPS) is 31.5. The molecule has 3 heterocycles. The van der Waals surface area contributed by atoms with Crippen molar-refractivity contribution in [1.82, 2.24) is 0 Å². The van der Waals surface area contributed by atoms with E-state index in [4.69, 9.17) is 13.9 Å². The Balaban J connectivity index is 1.57. The predicted molar refractivity (Wildman–Crippen MR) is 75.4 cm³/mol. The molecule has 6 heteroatoms. The highest BCUT2D eigenvalue weighted by atomic mass is 16.6. The Morgan fingerprint density at radius 1 is 1.14 bits per heavy atom. The number of nitrogens with one attached hydrogen (secondary N) is 1. The lowest BCUT2D eigenvalue weighted by Gasteiger charge is -2.46. The summed E-state index contributed by atoms with van der Waals surface area (Å²) in [5, 5.41) is 14.3. The minimum atomic E-state index is -0.615. The second kappa shape index (κ2) is 4.84. The molecule has 4 rings (SSSR count). The number of rotatable bonds is 2. The highest BCUT2D eigenvalue weighted by Crippen LogP contribution is 2.28. The first-order chi connectivity index (χ1) is 10.2. The first-order valence-corrected chi connectivity index (χ1v) is 6.92. The smallest absolute Gasteiger partial charge is 0.336 e. The third-order valence-corrected chi connectivity index (χ3v) is 4.03. The van der Waals surface area contributed by atoms with E-state index in [1.54, 1.807) is 12.1 Å². The Hall–Kier alpha value is -1.89. The molecule has 2 fully saturated rings. The molecule has 2 aliphatic rings. The summed E-state index contributed by atoms with van der Waals surface area (Å²) in [5.74, 6) is 0. The van der Waals surface area contributed by atoms with E-state index in [-0.39, 0.29) is 23.9 Å². The first kappa shape index (κ1) is 12.8. The zero-order valence-corrected chi connectivity index (χ0v) is 11.2. The molecule has 0 amide bonds. The number of aliphatic hydroxyl groups excluding tert-OH is 1. The summed E-state index contributed by atoms with van der Waals surface area (Å²) in [6.45, 7) is 0.970. The molecule has 2 aliphatic heterocycles. The van der Waals surface area contributed by atoms with Gasteiger partial charge >= 0.3 is 5.63 Å². The van der Waals surface area contributed by atoms with E-state index in [1.807, 2.05) is 12.1 Å². The summed E-state index contributed by atoms with van der Waals surface area (Å²) in [6.07, 6.45) is -0.863. The van der Waals surface area contributed by atoms with Crippen molar-refractivity contribution in [3.8, 4) is 0 Å². The van der Waals surface area contributed by atoms with Crippen molar-refractivity contribution in [2.75, 3.05) is 18.5 Å². The van der Waals surface area contributed by atoms with Gasteiger partial charge in [0, 0.05) is 23.2 Å². The van der Waals surface area contributed by atoms with Gasteiger partial charge in [-0.1, -0.05) is 0 Å². The van der Waals surface area contributed by atoms with Crippen LogP contribution in [0, 0.1) is 0 Å². The quantitative estimate of drug-likeness (QED) is 0.793. The molecule has 21 heavy (non-hydrogen) atoms. The lowest BCUT2D eigenvalue weighted by Crippen LogP contribution is -2.63. The fraction of sp³-hybridized carbons (Fsp3) is 0.400. The van der Waals surface area contributed by atoms with Crippen LogP contribution >= 0.6 is 0 Å². The van der Waals surface area contributed by atoms with Gasteiger partial charge in [0.15, 0.2) is 0 Å². The van der Waals surface area contributed by atoms with Gasteiger partial charge < -0.3 is 24.3 Å². The van der Waals surface area contributed by atoms with Crippen molar-refractivity contribution in [3.63, 3.8) is 0 Å². The molecule has 6 nitrogen and oxygen atoms in total. The van der Waals surface area contributed by atoms with Gasteiger partial charge in [0.1, 0.15) is 23.9 Å². The topological polar surface area (TPSA) is 80.9 Å².